The van der Waals surface area contributed by atoms with Crippen LogP contribution in [0.2, 0.25) is 0 Å². The molecule has 6 nitrogen and oxygen atoms in total. The molecule has 1 saturated heterocycles. The Morgan fingerprint density at radius 3 is 2.20 bits per heavy atom. The van der Waals surface area contributed by atoms with Crippen molar-refractivity contribution in [3.63, 3.8) is 0 Å². The van der Waals surface area contributed by atoms with E-state index in [0.29, 0.717) is 0 Å². The predicted molar refractivity (Wildman–Crippen MR) is 65.2 cm³/mol. The molecule has 0 saturated carbocycles. The Kier molecular flexibility index (Phi) is 5.79. The van der Waals surface area contributed by atoms with E-state index in [4.69, 9.17) is 9.84 Å². The van der Waals surface area contributed by atoms with E-state index in [1.54, 1.807) is 13.8 Å². The van der Waals surface area contributed by atoms with Crippen molar-refractivity contribution in [1.82, 2.24) is 8.61 Å². The molecule has 0 amide bonds. The summed E-state index contributed by atoms with van der Waals surface area (Å²) in [5.74, 6) is 0. The molecule has 0 aromatic heterocycles. The Labute approximate surface area is 116 Å². The second kappa shape index (κ2) is 6.56. The first-order valence-corrected chi connectivity index (χ1v) is 7.54. The third-order valence-electron chi connectivity index (χ3n) is 2.74. The molecule has 0 radical (unpaired) electrons. The Morgan fingerprint density at radius 1 is 1.30 bits per heavy atom. The topological polar surface area (TPSA) is 70.1 Å². The number of hydrogen-bond acceptors (Lipinski definition) is 4. The van der Waals surface area contributed by atoms with Crippen LogP contribution < -0.4 is 0 Å². The number of hydrogen-bond donors (Lipinski definition) is 1. The van der Waals surface area contributed by atoms with Gasteiger partial charge in [0.05, 0.1) is 18.8 Å². The number of ether oxygens (including phenoxy) is 1. The zero-order valence-electron chi connectivity index (χ0n) is 11.3. The maximum absolute atomic E-state index is 12.4. The number of morpholine rings is 1. The molecule has 1 aliphatic rings. The summed E-state index contributed by atoms with van der Waals surface area (Å²) >= 11 is 0. The van der Waals surface area contributed by atoms with Crippen LogP contribution in [0.5, 0.6) is 0 Å². The van der Waals surface area contributed by atoms with Gasteiger partial charge in [0, 0.05) is 19.6 Å². The number of aliphatic hydroxyl groups excluding tert-OH is 1. The van der Waals surface area contributed by atoms with E-state index in [1.807, 2.05) is 0 Å². The summed E-state index contributed by atoms with van der Waals surface area (Å²) in [6.45, 7) is 0.401. The van der Waals surface area contributed by atoms with Crippen LogP contribution in [0.3, 0.4) is 0 Å². The Balaban J connectivity index is 2.91. The molecule has 10 heteroatoms. The number of nitrogens with zero attached hydrogens (tertiary/aromatic N) is 2. The molecule has 120 valence electrons. The zero-order chi connectivity index (χ0) is 15.6. The standard InChI is InChI=1S/C10H19F3N2O4S/c1-8-5-15(6-9(2)19-8)20(17,18)14(3-4-16)7-10(11,12)13/h8-9,16H,3-7H2,1-2H3. The minimum atomic E-state index is -4.66. The molecule has 0 aliphatic carbocycles. The number of aliphatic hydroxyl groups is 1. The molecule has 1 heterocycles. The van der Waals surface area contributed by atoms with Crippen LogP contribution in [0.1, 0.15) is 13.8 Å². The minimum Gasteiger partial charge on any atom is -0.395 e. The minimum absolute atomic E-state index is 0.00748. The fourth-order valence-electron chi connectivity index (χ4n) is 2.07. The zero-order valence-corrected chi connectivity index (χ0v) is 12.1. The van der Waals surface area contributed by atoms with Gasteiger partial charge in [-0.2, -0.15) is 30.2 Å². The highest BCUT2D eigenvalue weighted by Crippen LogP contribution is 2.22. The summed E-state index contributed by atoms with van der Waals surface area (Å²) in [6.07, 6.45) is -5.45. The molecule has 1 fully saturated rings. The van der Waals surface area contributed by atoms with Crippen molar-refractivity contribution in [1.29, 1.82) is 0 Å². The first kappa shape index (κ1) is 17.6. The van der Waals surface area contributed by atoms with Gasteiger partial charge in [-0.05, 0) is 13.8 Å². The third kappa shape index (κ3) is 4.85. The molecule has 0 aromatic carbocycles. The van der Waals surface area contributed by atoms with Crippen molar-refractivity contribution >= 4 is 10.2 Å². The Morgan fingerprint density at radius 2 is 1.80 bits per heavy atom. The second-order valence-electron chi connectivity index (χ2n) is 4.75. The maximum Gasteiger partial charge on any atom is 0.402 e. The molecule has 2 atom stereocenters. The van der Waals surface area contributed by atoms with Crippen LogP contribution >= 0.6 is 0 Å². The van der Waals surface area contributed by atoms with E-state index in [0.717, 1.165) is 4.31 Å². The summed E-state index contributed by atoms with van der Waals surface area (Å²) in [7, 11) is -4.28. The lowest BCUT2D eigenvalue weighted by Gasteiger charge is -2.37. The highest BCUT2D eigenvalue weighted by atomic mass is 32.2. The molecule has 1 rings (SSSR count). The van der Waals surface area contributed by atoms with E-state index in [2.05, 4.69) is 0 Å². The van der Waals surface area contributed by atoms with Gasteiger partial charge in [0.1, 0.15) is 6.54 Å². The predicted octanol–water partition coefficient (Wildman–Crippen LogP) is 0.197. The van der Waals surface area contributed by atoms with E-state index < -0.39 is 48.3 Å². The molecule has 2 unspecified atom stereocenters. The van der Waals surface area contributed by atoms with Gasteiger partial charge in [-0.15, -0.1) is 0 Å². The van der Waals surface area contributed by atoms with Crippen LogP contribution in [0.4, 0.5) is 13.2 Å². The van der Waals surface area contributed by atoms with Crippen molar-refractivity contribution in [2.45, 2.75) is 32.2 Å². The van der Waals surface area contributed by atoms with Crippen molar-refractivity contribution in [3.8, 4) is 0 Å². The fourth-order valence-corrected chi connectivity index (χ4v) is 3.82. The maximum atomic E-state index is 12.4. The molecule has 1 aliphatic heterocycles. The third-order valence-corrected chi connectivity index (χ3v) is 4.66. The molecule has 1 N–H and O–H groups in total. The normalized spacial score (nSPS) is 26.1. The van der Waals surface area contributed by atoms with Crippen molar-refractivity contribution in [2.24, 2.45) is 0 Å². The van der Waals surface area contributed by atoms with Crippen LogP contribution in [-0.4, -0.2) is 73.3 Å². The summed E-state index contributed by atoms with van der Waals surface area (Å²) in [4.78, 5) is 0. The lowest BCUT2D eigenvalue weighted by Crippen LogP contribution is -2.54. The number of rotatable bonds is 5. The van der Waals surface area contributed by atoms with Crippen LogP contribution in [0, 0.1) is 0 Å². The average Bonchev–Trinajstić information content (AvgIpc) is 2.25. The summed E-state index contributed by atoms with van der Waals surface area (Å²) in [6, 6.07) is 0. The van der Waals surface area contributed by atoms with E-state index in [-0.39, 0.29) is 17.4 Å². The molecule has 0 aromatic rings. The van der Waals surface area contributed by atoms with E-state index >= 15 is 0 Å². The lowest BCUT2D eigenvalue weighted by molar-refractivity contribution is -0.137. The molecule has 0 spiro atoms. The van der Waals surface area contributed by atoms with Gasteiger partial charge in [0.15, 0.2) is 0 Å². The van der Waals surface area contributed by atoms with Crippen LogP contribution in [0.15, 0.2) is 0 Å². The first-order chi connectivity index (χ1) is 9.06. The average molecular weight is 320 g/mol. The SMILES string of the molecule is CC1CN(S(=O)(=O)N(CCO)CC(F)(F)F)CC(C)O1. The van der Waals surface area contributed by atoms with Gasteiger partial charge in [-0.25, -0.2) is 0 Å². The quantitative estimate of drug-likeness (QED) is 0.785. The molecular weight excluding hydrogens is 301 g/mol. The van der Waals surface area contributed by atoms with Crippen molar-refractivity contribution in [2.75, 3.05) is 32.8 Å². The summed E-state index contributed by atoms with van der Waals surface area (Å²) < 4.78 is 68.4. The number of alkyl halides is 3. The van der Waals surface area contributed by atoms with E-state index in [9.17, 15) is 21.6 Å². The first-order valence-electron chi connectivity index (χ1n) is 6.14. The van der Waals surface area contributed by atoms with E-state index in [1.165, 1.54) is 0 Å². The summed E-state index contributed by atoms with van der Waals surface area (Å²) in [5, 5.41) is 8.78. The lowest BCUT2D eigenvalue weighted by atomic mass is 10.3. The Bertz CT molecular complexity index is 405. The molecule has 0 bridgehead atoms. The number of halogens is 3. The van der Waals surface area contributed by atoms with Crippen LogP contribution in [-0.2, 0) is 14.9 Å². The highest BCUT2D eigenvalue weighted by Gasteiger charge is 2.40. The molecular formula is C10H19F3N2O4S. The molecule has 20 heavy (non-hydrogen) atoms. The second-order valence-corrected chi connectivity index (χ2v) is 6.68. The van der Waals surface area contributed by atoms with Gasteiger partial charge < -0.3 is 9.84 Å². The van der Waals surface area contributed by atoms with Gasteiger partial charge >= 0.3 is 6.18 Å². The monoisotopic (exact) mass is 320 g/mol. The fraction of sp³-hybridized carbons (Fsp3) is 1.00. The van der Waals surface area contributed by atoms with Gasteiger partial charge in [0.2, 0.25) is 0 Å². The van der Waals surface area contributed by atoms with Gasteiger partial charge in [-0.3, -0.25) is 0 Å². The van der Waals surface area contributed by atoms with Crippen LogP contribution in [0.25, 0.3) is 0 Å². The largest absolute Gasteiger partial charge is 0.402 e. The highest BCUT2D eigenvalue weighted by molar-refractivity contribution is 7.86. The van der Waals surface area contributed by atoms with Gasteiger partial charge in [-0.1, -0.05) is 0 Å². The van der Waals surface area contributed by atoms with Crippen molar-refractivity contribution in [3.05, 3.63) is 0 Å². The summed E-state index contributed by atoms with van der Waals surface area (Å²) in [5.41, 5.74) is 0. The smallest absolute Gasteiger partial charge is 0.395 e. The Hall–Kier alpha value is -0.420. The van der Waals surface area contributed by atoms with Gasteiger partial charge in [0.25, 0.3) is 10.2 Å². The van der Waals surface area contributed by atoms with Crippen molar-refractivity contribution < 1.29 is 31.4 Å².